The van der Waals surface area contributed by atoms with Gasteiger partial charge in [0.1, 0.15) is 0 Å². The molecular weight excluding hydrogens is 234 g/mol. The van der Waals surface area contributed by atoms with Crippen molar-refractivity contribution < 1.29 is 0 Å². The second-order valence-electron chi connectivity index (χ2n) is 4.97. The zero-order chi connectivity index (χ0) is 13.8. The number of para-hydroxylation sites is 1. The van der Waals surface area contributed by atoms with Gasteiger partial charge in [-0.05, 0) is 37.6 Å². The smallest absolute Gasteiger partial charge is 0.0600 e. The van der Waals surface area contributed by atoms with Gasteiger partial charge < -0.3 is 10.6 Å². The van der Waals surface area contributed by atoms with Gasteiger partial charge in [0.25, 0.3) is 0 Å². The first-order valence-electron chi connectivity index (χ1n) is 6.56. The Bertz CT molecular complexity index is 549. The van der Waals surface area contributed by atoms with Gasteiger partial charge in [-0.3, -0.25) is 4.98 Å². The third kappa shape index (κ3) is 3.32. The molecule has 0 radical (unpaired) electrons. The fraction of sp³-hybridized carbons (Fsp3) is 0.312. The van der Waals surface area contributed by atoms with Crippen LogP contribution in [-0.2, 0) is 6.54 Å². The molecule has 100 valence electrons. The number of anilines is 1. The van der Waals surface area contributed by atoms with E-state index in [0.29, 0.717) is 0 Å². The van der Waals surface area contributed by atoms with Gasteiger partial charge in [-0.2, -0.15) is 0 Å². The maximum Gasteiger partial charge on any atom is 0.0600 e. The Hall–Kier alpha value is -1.87. The van der Waals surface area contributed by atoms with E-state index in [-0.39, 0.29) is 6.04 Å². The van der Waals surface area contributed by atoms with Crippen molar-refractivity contribution in [1.29, 1.82) is 0 Å². The quantitative estimate of drug-likeness (QED) is 0.913. The zero-order valence-electron chi connectivity index (χ0n) is 11.8. The summed E-state index contributed by atoms with van der Waals surface area (Å²) in [4.78, 5) is 6.74. The highest BCUT2D eigenvalue weighted by Gasteiger charge is 2.10. The van der Waals surface area contributed by atoms with E-state index < -0.39 is 0 Å². The minimum atomic E-state index is 0.0316. The molecule has 0 saturated carbocycles. The minimum absolute atomic E-state index is 0.0316. The largest absolute Gasteiger partial charge is 0.368 e. The van der Waals surface area contributed by atoms with Gasteiger partial charge in [0.05, 0.1) is 12.2 Å². The second kappa shape index (κ2) is 5.85. The van der Waals surface area contributed by atoms with Gasteiger partial charge in [-0.25, -0.2) is 0 Å². The van der Waals surface area contributed by atoms with Crippen molar-refractivity contribution in [2.24, 2.45) is 5.73 Å². The van der Waals surface area contributed by atoms with Crippen LogP contribution >= 0.6 is 0 Å². The fourth-order valence-corrected chi connectivity index (χ4v) is 2.24. The summed E-state index contributed by atoms with van der Waals surface area (Å²) in [5, 5.41) is 0. The van der Waals surface area contributed by atoms with E-state index in [2.05, 4.69) is 35.1 Å². The molecule has 3 heteroatoms. The van der Waals surface area contributed by atoms with Crippen molar-refractivity contribution in [3.63, 3.8) is 0 Å². The molecule has 0 bridgehead atoms. The summed E-state index contributed by atoms with van der Waals surface area (Å²) < 4.78 is 0. The summed E-state index contributed by atoms with van der Waals surface area (Å²) >= 11 is 0. The Labute approximate surface area is 115 Å². The number of hydrogen-bond acceptors (Lipinski definition) is 3. The topological polar surface area (TPSA) is 42.1 Å². The highest BCUT2D eigenvalue weighted by atomic mass is 15.1. The van der Waals surface area contributed by atoms with Gasteiger partial charge in [0, 0.05) is 24.5 Å². The van der Waals surface area contributed by atoms with Crippen LogP contribution in [0.4, 0.5) is 5.69 Å². The molecule has 1 heterocycles. The van der Waals surface area contributed by atoms with Crippen LogP contribution in [0.25, 0.3) is 0 Å². The van der Waals surface area contributed by atoms with Crippen molar-refractivity contribution in [3.05, 3.63) is 59.4 Å². The standard InChI is InChI=1S/C16H21N3/c1-12-7-6-8-14(18-12)11-19(3)16-10-5-4-9-15(16)13(2)17/h4-10,13H,11,17H2,1-3H3/t13-/m0/s1. The molecule has 0 spiro atoms. The van der Waals surface area contributed by atoms with Crippen molar-refractivity contribution in [2.75, 3.05) is 11.9 Å². The van der Waals surface area contributed by atoms with Crippen LogP contribution in [0.1, 0.15) is 29.9 Å². The molecule has 0 fully saturated rings. The Balaban J connectivity index is 2.23. The maximum atomic E-state index is 6.03. The van der Waals surface area contributed by atoms with Crippen LogP contribution in [0.3, 0.4) is 0 Å². The lowest BCUT2D eigenvalue weighted by molar-refractivity contribution is 0.796. The average Bonchev–Trinajstić information content (AvgIpc) is 2.38. The van der Waals surface area contributed by atoms with Gasteiger partial charge in [0.2, 0.25) is 0 Å². The van der Waals surface area contributed by atoms with Gasteiger partial charge in [0.15, 0.2) is 0 Å². The summed E-state index contributed by atoms with van der Waals surface area (Å²) in [5.41, 5.74) is 10.5. The van der Waals surface area contributed by atoms with Crippen molar-refractivity contribution in [3.8, 4) is 0 Å². The van der Waals surface area contributed by atoms with Crippen LogP contribution in [0.2, 0.25) is 0 Å². The molecule has 0 aliphatic heterocycles. The second-order valence-corrected chi connectivity index (χ2v) is 4.97. The molecule has 1 aromatic heterocycles. The summed E-state index contributed by atoms with van der Waals surface area (Å²) in [5.74, 6) is 0. The summed E-state index contributed by atoms with van der Waals surface area (Å²) in [7, 11) is 2.07. The van der Waals surface area contributed by atoms with Crippen LogP contribution in [0.5, 0.6) is 0 Å². The van der Waals surface area contributed by atoms with Crippen LogP contribution in [0.15, 0.2) is 42.5 Å². The molecule has 1 atom stereocenters. The van der Waals surface area contributed by atoms with Crippen molar-refractivity contribution >= 4 is 5.69 Å². The van der Waals surface area contributed by atoms with Crippen molar-refractivity contribution in [2.45, 2.75) is 26.4 Å². The lowest BCUT2D eigenvalue weighted by Gasteiger charge is -2.23. The highest BCUT2D eigenvalue weighted by molar-refractivity contribution is 5.54. The van der Waals surface area contributed by atoms with E-state index in [1.54, 1.807) is 0 Å². The molecule has 0 saturated heterocycles. The number of nitrogens with zero attached hydrogens (tertiary/aromatic N) is 2. The summed E-state index contributed by atoms with van der Waals surface area (Å²) in [6, 6.07) is 14.4. The van der Waals surface area contributed by atoms with E-state index in [1.807, 2.05) is 38.1 Å². The molecule has 3 nitrogen and oxygen atoms in total. The van der Waals surface area contributed by atoms with E-state index >= 15 is 0 Å². The Morgan fingerprint density at radius 2 is 1.89 bits per heavy atom. The molecule has 19 heavy (non-hydrogen) atoms. The van der Waals surface area contributed by atoms with Crippen LogP contribution < -0.4 is 10.6 Å². The van der Waals surface area contributed by atoms with Gasteiger partial charge >= 0.3 is 0 Å². The monoisotopic (exact) mass is 255 g/mol. The Morgan fingerprint density at radius 1 is 1.16 bits per heavy atom. The average molecular weight is 255 g/mol. The predicted molar refractivity (Wildman–Crippen MR) is 80.1 cm³/mol. The zero-order valence-corrected chi connectivity index (χ0v) is 11.8. The third-order valence-corrected chi connectivity index (χ3v) is 3.18. The third-order valence-electron chi connectivity index (χ3n) is 3.18. The lowest BCUT2D eigenvalue weighted by atomic mass is 10.1. The molecule has 2 rings (SSSR count). The summed E-state index contributed by atoms with van der Waals surface area (Å²) in [6.07, 6.45) is 0. The molecular formula is C16H21N3. The molecule has 2 aromatic rings. The molecule has 0 aliphatic carbocycles. The molecule has 0 amide bonds. The van der Waals surface area contributed by atoms with E-state index in [1.165, 1.54) is 5.69 Å². The number of benzene rings is 1. The van der Waals surface area contributed by atoms with E-state index in [0.717, 1.165) is 23.5 Å². The lowest BCUT2D eigenvalue weighted by Crippen LogP contribution is -2.20. The van der Waals surface area contributed by atoms with E-state index in [4.69, 9.17) is 5.73 Å². The Morgan fingerprint density at radius 3 is 2.58 bits per heavy atom. The minimum Gasteiger partial charge on any atom is -0.368 e. The van der Waals surface area contributed by atoms with Crippen LogP contribution in [0, 0.1) is 6.92 Å². The van der Waals surface area contributed by atoms with Crippen LogP contribution in [-0.4, -0.2) is 12.0 Å². The number of rotatable bonds is 4. The van der Waals surface area contributed by atoms with E-state index in [9.17, 15) is 0 Å². The SMILES string of the molecule is Cc1cccc(CN(C)c2ccccc2[C@H](C)N)n1. The number of aryl methyl sites for hydroxylation is 1. The number of pyridine rings is 1. The Kier molecular flexibility index (Phi) is 4.17. The predicted octanol–water partition coefficient (Wildman–Crippen LogP) is 3.05. The first-order valence-corrected chi connectivity index (χ1v) is 6.56. The molecule has 0 aliphatic rings. The van der Waals surface area contributed by atoms with Gasteiger partial charge in [-0.1, -0.05) is 24.3 Å². The van der Waals surface area contributed by atoms with Crippen molar-refractivity contribution in [1.82, 2.24) is 4.98 Å². The first-order chi connectivity index (χ1) is 9.08. The highest BCUT2D eigenvalue weighted by Crippen LogP contribution is 2.24. The first kappa shape index (κ1) is 13.6. The fourth-order valence-electron chi connectivity index (χ4n) is 2.24. The van der Waals surface area contributed by atoms with Gasteiger partial charge in [-0.15, -0.1) is 0 Å². The number of aromatic nitrogens is 1. The number of nitrogens with two attached hydrogens (primary N) is 1. The normalized spacial score (nSPS) is 12.2. The number of hydrogen-bond donors (Lipinski definition) is 1. The molecule has 2 N–H and O–H groups in total. The summed E-state index contributed by atoms with van der Waals surface area (Å²) in [6.45, 7) is 4.81. The molecule has 1 aromatic carbocycles. The maximum absolute atomic E-state index is 6.03. The molecule has 0 unspecified atom stereocenters.